The van der Waals surface area contributed by atoms with Gasteiger partial charge in [-0.2, -0.15) is 0 Å². The van der Waals surface area contributed by atoms with Gasteiger partial charge >= 0.3 is 5.97 Å². The van der Waals surface area contributed by atoms with Crippen molar-refractivity contribution < 1.29 is 19.2 Å². The van der Waals surface area contributed by atoms with E-state index in [1.54, 1.807) is 35.7 Å². The van der Waals surface area contributed by atoms with Gasteiger partial charge in [-0.1, -0.05) is 40.9 Å². The molecule has 0 saturated heterocycles. The summed E-state index contributed by atoms with van der Waals surface area (Å²) in [5.41, 5.74) is 1.60. The van der Waals surface area contributed by atoms with Crippen LogP contribution in [0.15, 0.2) is 60.0 Å². The van der Waals surface area contributed by atoms with E-state index in [2.05, 4.69) is 0 Å². The normalized spacial score (nSPS) is 13.0. The number of hydroxylamine groups is 2. The first-order valence-corrected chi connectivity index (χ1v) is 8.85. The lowest BCUT2D eigenvalue weighted by molar-refractivity contribution is -0.0584. The second-order valence-corrected chi connectivity index (χ2v) is 6.88. The highest BCUT2D eigenvalue weighted by Crippen LogP contribution is 2.29. The maximum Gasteiger partial charge on any atom is 0.364 e. The van der Waals surface area contributed by atoms with E-state index in [4.69, 9.17) is 16.4 Å². The van der Waals surface area contributed by atoms with E-state index in [1.807, 2.05) is 12.1 Å². The van der Waals surface area contributed by atoms with Gasteiger partial charge in [0.15, 0.2) is 0 Å². The van der Waals surface area contributed by atoms with Crippen molar-refractivity contribution in [3.63, 3.8) is 0 Å². The van der Waals surface area contributed by atoms with Crippen molar-refractivity contribution in [1.29, 1.82) is 0 Å². The van der Waals surface area contributed by atoms with Crippen LogP contribution in [0.3, 0.4) is 0 Å². The molecule has 0 spiro atoms. The topological polar surface area (TPSA) is 63.7 Å². The molecule has 0 bridgehead atoms. The average Bonchev–Trinajstić information content (AvgIpc) is 3.23. The Morgan fingerprint density at radius 1 is 0.962 bits per heavy atom. The third kappa shape index (κ3) is 2.79. The van der Waals surface area contributed by atoms with Crippen molar-refractivity contribution in [2.75, 3.05) is 0 Å². The number of hydrogen-bond donors (Lipinski definition) is 0. The molecule has 2 aromatic carbocycles. The number of imide groups is 1. The molecule has 1 aromatic heterocycles. The number of halogens is 1. The first-order chi connectivity index (χ1) is 12.5. The number of hydrogen-bond acceptors (Lipinski definition) is 5. The Kier molecular flexibility index (Phi) is 4.06. The van der Waals surface area contributed by atoms with Gasteiger partial charge in [-0.3, -0.25) is 9.59 Å². The molecule has 0 atom stereocenters. The lowest BCUT2D eigenvalue weighted by atomic mass is 10.1. The van der Waals surface area contributed by atoms with Gasteiger partial charge in [0.1, 0.15) is 0 Å². The quantitative estimate of drug-likeness (QED) is 0.627. The molecule has 2 amide bonds. The molecular weight excluding hydrogens is 374 g/mol. The Labute approximate surface area is 157 Å². The minimum atomic E-state index is -0.768. The fourth-order valence-electron chi connectivity index (χ4n) is 2.59. The molecule has 1 aliphatic heterocycles. The molecule has 2 heterocycles. The third-order valence-electron chi connectivity index (χ3n) is 3.89. The Morgan fingerprint density at radius 2 is 1.58 bits per heavy atom. The van der Waals surface area contributed by atoms with Crippen LogP contribution >= 0.6 is 22.9 Å². The number of fused-ring (bicyclic) bond motifs is 1. The van der Waals surface area contributed by atoms with Gasteiger partial charge in [0.25, 0.3) is 11.8 Å². The fraction of sp³-hybridized carbons (Fsp3) is 0. The molecule has 0 N–H and O–H groups in total. The molecular formula is C19H10ClNO4S. The van der Waals surface area contributed by atoms with Crippen LogP contribution in [-0.2, 0) is 4.84 Å². The maximum atomic E-state index is 12.4. The maximum absolute atomic E-state index is 12.4. The fourth-order valence-corrected chi connectivity index (χ4v) is 3.61. The molecule has 26 heavy (non-hydrogen) atoms. The molecule has 0 unspecified atom stereocenters. The van der Waals surface area contributed by atoms with Gasteiger partial charge < -0.3 is 4.84 Å². The molecule has 128 valence electrons. The van der Waals surface area contributed by atoms with Crippen LogP contribution in [0.1, 0.15) is 31.1 Å². The number of carbonyl (C=O) groups is 3. The zero-order valence-electron chi connectivity index (χ0n) is 13.1. The number of benzene rings is 2. The Hall–Kier alpha value is -2.96. The number of amides is 2. The number of thiophene rings is 1. The second kappa shape index (κ2) is 6.40. The van der Waals surface area contributed by atoms with Crippen LogP contribution in [0, 0.1) is 0 Å². The average molecular weight is 384 g/mol. The molecule has 0 fully saturated rings. The van der Waals surface area contributed by atoms with Gasteiger partial charge in [-0.05, 0) is 35.9 Å². The summed E-state index contributed by atoms with van der Waals surface area (Å²) in [7, 11) is 0. The lowest BCUT2D eigenvalue weighted by Crippen LogP contribution is -2.32. The summed E-state index contributed by atoms with van der Waals surface area (Å²) in [6.45, 7) is 0. The van der Waals surface area contributed by atoms with E-state index in [1.165, 1.54) is 23.5 Å². The third-order valence-corrected chi connectivity index (χ3v) is 5.13. The predicted molar refractivity (Wildman–Crippen MR) is 97.1 cm³/mol. The smallest absolute Gasteiger partial charge is 0.324 e. The molecule has 3 aromatic rings. The summed E-state index contributed by atoms with van der Waals surface area (Å²) in [6, 6.07) is 15.2. The zero-order valence-corrected chi connectivity index (χ0v) is 14.7. The van der Waals surface area contributed by atoms with Crippen LogP contribution < -0.4 is 0 Å². The number of rotatable bonds is 3. The molecule has 0 radical (unpaired) electrons. The van der Waals surface area contributed by atoms with Gasteiger partial charge in [-0.25, -0.2) is 4.79 Å². The summed E-state index contributed by atoms with van der Waals surface area (Å²) < 4.78 is 0. The van der Waals surface area contributed by atoms with Gasteiger partial charge in [0, 0.05) is 15.3 Å². The minimum absolute atomic E-state index is 0.220. The molecule has 5 nitrogen and oxygen atoms in total. The highest BCUT2D eigenvalue weighted by molar-refractivity contribution is 7.13. The SMILES string of the molecule is O=C(ON1C(=O)c2ccccc2C1=O)c1csc(-c2ccc(Cl)cc2)c1. The molecule has 1 aliphatic rings. The van der Waals surface area contributed by atoms with Gasteiger partial charge in [0.2, 0.25) is 0 Å². The van der Waals surface area contributed by atoms with Crippen molar-refractivity contribution in [3.8, 4) is 10.4 Å². The van der Waals surface area contributed by atoms with Crippen LogP contribution in [0.2, 0.25) is 5.02 Å². The van der Waals surface area contributed by atoms with Crippen molar-refractivity contribution in [2.45, 2.75) is 0 Å². The summed E-state index contributed by atoms with van der Waals surface area (Å²) in [5, 5.41) is 2.74. The largest absolute Gasteiger partial charge is 0.364 e. The van der Waals surface area contributed by atoms with Crippen LogP contribution in [0.25, 0.3) is 10.4 Å². The van der Waals surface area contributed by atoms with E-state index >= 15 is 0 Å². The van der Waals surface area contributed by atoms with Gasteiger partial charge in [0.05, 0.1) is 16.7 Å². The van der Waals surface area contributed by atoms with E-state index in [9.17, 15) is 14.4 Å². The molecule has 4 rings (SSSR count). The lowest BCUT2D eigenvalue weighted by Gasteiger charge is -2.11. The van der Waals surface area contributed by atoms with Crippen LogP contribution in [-0.4, -0.2) is 22.8 Å². The van der Waals surface area contributed by atoms with Crippen molar-refractivity contribution in [1.82, 2.24) is 5.06 Å². The van der Waals surface area contributed by atoms with Gasteiger partial charge in [-0.15, -0.1) is 11.3 Å². The summed E-state index contributed by atoms with van der Waals surface area (Å²) in [4.78, 5) is 42.8. The monoisotopic (exact) mass is 383 g/mol. The van der Waals surface area contributed by atoms with Crippen molar-refractivity contribution in [3.05, 3.63) is 81.7 Å². The molecule has 7 heteroatoms. The standard InChI is InChI=1S/C19H10ClNO4S/c20-13-7-5-11(6-8-13)16-9-12(10-26-16)19(24)25-21-17(22)14-3-1-2-4-15(14)18(21)23/h1-10H. The minimum Gasteiger partial charge on any atom is -0.324 e. The highest BCUT2D eigenvalue weighted by Gasteiger charge is 2.38. The summed E-state index contributed by atoms with van der Waals surface area (Å²) in [5.74, 6) is -2.06. The van der Waals surface area contributed by atoms with E-state index < -0.39 is 17.8 Å². The summed E-state index contributed by atoms with van der Waals surface area (Å²) >= 11 is 7.23. The Bertz CT molecular complexity index is 1010. The van der Waals surface area contributed by atoms with E-state index in [-0.39, 0.29) is 16.7 Å². The van der Waals surface area contributed by atoms with Crippen molar-refractivity contribution in [2.24, 2.45) is 0 Å². The Morgan fingerprint density at radius 3 is 2.19 bits per heavy atom. The molecule has 0 aliphatic carbocycles. The first-order valence-electron chi connectivity index (χ1n) is 7.59. The van der Waals surface area contributed by atoms with E-state index in [0.717, 1.165) is 10.4 Å². The predicted octanol–water partition coefficient (Wildman–Crippen LogP) is 4.44. The highest BCUT2D eigenvalue weighted by atomic mass is 35.5. The number of nitrogens with zero attached hydrogens (tertiary/aromatic N) is 1. The van der Waals surface area contributed by atoms with Crippen molar-refractivity contribution >= 4 is 40.7 Å². The molecule has 0 saturated carbocycles. The van der Waals surface area contributed by atoms with Crippen LogP contribution in [0.4, 0.5) is 0 Å². The Balaban J connectivity index is 1.54. The van der Waals surface area contributed by atoms with E-state index in [0.29, 0.717) is 10.1 Å². The zero-order chi connectivity index (χ0) is 18.3. The first kappa shape index (κ1) is 16.5. The second-order valence-electron chi connectivity index (χ2n) is 5.54. The number of carbonyl (C=O) groups excluding carboxylic acids is 3. The summed E-state index contributed by atoms with van der Waals surface area (Å²) in [6.07, 6.45) is 0. The van der Waals surface area contributed by atoms with Crippen LogP contribution in [0.5, 0.6) is 0 Å².